The fourth-order valence-corrected chi connectivity index (χ4v) is 5.50. The Labute approximate surface area is 267 Å². The fourth-order valence-electron chi connectivity index (χ4n) is 4.05. The van der Waals surface area contributed by atoms with Gasteiger partial charge < -0.3 is 10.1 Å². The molecule has 2 N–H and O–H groups in total. The van der Waals surface area contributed by atoms with Crippen LogP contribution in [0.15, 0.2) is 118 Å². The zero-order chi connectivity index (χ0) is 30.0. The number of benzene rings is 4. The largest absolute Gasteiger partial charge is 0.488 e. The predicted molar refractivity (Wildman–Crippen MR) is 176 cm³/mol. The van der Waals surface area contributed by atoms with E-state index >= 15 is 0 Å². The van der Waals surface area contributed by atoms with Crippen LogP contribution in [0.25, 0.3) is 5.69 Å². The van der Waals surface area contributed by atoms with Crippen molar-refractivity contribution in [3.8, 4) is 11.4 Å². The van der Waals surface area contributed by atoms with Gasteiger partial charge in [-0.15, -0.1) is 10.2 Å². The molecule has 0 unspecified atom stereocenters. The van der Waals surface area contributed by atoms with Gasteiger partial charge in [0.25, 0.3) is 5.91 Å². The summed E-state index contributed by atoms with van der Waals surface area (Å²) in [6.45, 7) is 2.64. The van der Waals surface area contributed by atoms with Gasteiger partial charge in [-0.3, -0.25) is 9.36 Å². The van der Waals surface area contributed by atoms with Crippen LogP contribution in [0.2, 0.25) is 5.02 Å². The van der Waals surface area contributed by atoms with Crippen molar-refractivity contribution in [2.75, 3.05) is 5.32 Å². The van der Waals surface area contributed by atoms with Crippen LogP contribution in [0.5, 0.6) is 5.75 Å². The molecule has 0 aliphatic heterocycles. The molecule has 0 bridgehead atoms. The number of hydrogen-bond acceptors (Lipinski definition) is 7. The summed E-state index contributed by atoms with van der Waals surface area (Å²) in [4.78, 5) is 13.0. The third kappa shape index (κ3) is 8.47. The van der Waals surface area contributed by atoms with Gasteiger partial charge in [-0.2, -0.15) is 5.10 Å². The van der Waals surface area contributed by atoms with E-state index in [1.165, 1.54) is 11.8 Å². The van der Waals surface area contributed by atoms with Crippen LogP contribution < -0.4 is 15.5 Å². The molecule has 5 rings (SSSR count). The van der Waals surface area contributed by atoms with Crippen molar-refractivity contribution < 1.29 is 9.53 Å². The van der Waals surface area contributed by atoms with Gasteiger partial charge in [0.15, 0.2) is 11.0 Å². The normalized spacial score (nSPS) is 11.8. The van der Waals surface area contributed by atoms with Crippen molar-refractivity contribution in [3.05, 3.63) is 130 Å². The standard InChI is InChI=1S/C32H28BrClN6O2S/c1-22(31(41)38-36-19-24-9-5-6-13-29(24)42-21-23-8-7-10-25(33)18-23)43-32-39-37-30(40(32)28-11-3-2-4-12-28)20-35-27-16-14-26(34)15-17-27/h2-19,22,35H,20-21H2,1H3,(H,38,41)/b36-19+/t22-/m1/s1. The lowest BCUT2D eigenvalue weighted by molar-refractivity contribution is -0.120. The molecule has 0 aliphatic carbocycles. The van der Waals surface area contributed by atoms with Gasteiger partial charge in [-0.05, 0) is 73.2 Å². The quantitative estimate of drug-likeness (QED) is 0.0808. The minimum atomic E-state index is -0.496. The van der Waals surface area contributed by atoms with E-state index in [2.05, 4.69) is 42.0 Å². The molecule has 0 aliphatic rings. The number of thioether (sulfide) groups is 1. The number of ether oxygens (including phenoxy) is 1. The number of nitrogens with one attached hydrogen (secondary N) is 2. The molecule has 0 spiro atoms. The second-order valence-corrected chi connectivity index (χ2v) is 12.0. The number of anilines is 1. The summed E-state index contributed by atoms with van der Waals surface area (Å²) >= 11 is 10.8. The Balaban J connectivity index is 1.23. The molecule has 1 amide bonds. The van der Waals surface area contributed by atoms with Crippen LogP contribution in [0.4, 0.5) is 5.69 Å². The maximum absolute atomic E-state index is 13.0. The number of carbonyl (C=O) groups is 1. The first-order valence-electron chi connectivity index (χ1n) is 13.4. The summed E-state index contributed by atoms with van der Waals surface area (Å²) in [7, 11) is 0. The first kappa shape index (κ1) is 30.3. The lowest BCUT2D eigenvalue weighted by atomic mass is 10.2. The van der Waals surface area contributed by atoms with E-state index in [9.17, 15) is 4.79 Å². The van der Waals surface area contributed by atoms with E-state index in [1.807, 2.05) is 108 Å². The molecular weight excluding hydrogens is 648 g/mol. The highest BCUT2D eigenvalue weighted by atomic mass is 79.9. The fraction of sp³-hybridized carbons (Fsp3) is 0.125. The van der Waals surface area contributed by atoms with Crippen molar-refractivity contribution in [1.29, 1.82) is 0 Å². The number of hydrazone groups is 1. The van der Waals surface area contributed by atoms with Crippen LogP contribution >= 0.6 is 39.3 Å². The van der Waals surface area contributed by atoms with Crippen LogP contribution in [-0.4, -0.2) is 32.1 Å². The molecule has 1 aromatic heterocycles. The van der Waals surface area contributed by atoms with Crippen LogP contribution in [-0.2, 0) is 17.9 Å². The molecule has 11 heteroatoms. The monoisotopic (exact) mass is 674 g/mol. The zero-order valence-electron chi connectivity index (χ0n) is 23.2. The zero-order valence-corrected chi connectivity index (χ0v) is 26.3. The maximum Gasteiger partial charge on any atom is 0.253 e. The van der Waals surface area contributed by atoms with Gasteiger partial charge in [0.05, 0.1) is 18.0 Å². The van der Waals surface area contributed by atoms with Crippen molar-refractivity contribution in [2.24, 2.45) is 5.10 Å². The van der Waals surface area contributed by atoms with Crippen LogP contribution in [0, 0.1) is 0 Å². The third-order valence-electron chi connectivity index (χ3n) is 6.24. The Kier molecular flexibility index (Phi) is 10.5. The summed E-state index contributed by atoms with van der Waals surface area (Å²) < 4.78 is 8.95. The molecule has 1 atom stereocenters. The highest BCUT2D eigenvalue weighted by Crippen LogP contribution is 2.27. The first-order valence-corrected chi connectivity index (χ1v) is 15.5. The van der Waals surface area contributed by atoms with E-state index in [0.29, 0.717) is 34.9 Å². The van der Waals surface area contributed by atoms with Crippen molar-refractivity contribution in [2.45, 2.75) is 30.5 Å². The van der Waals surface area contributed by atoms with E-state index in [-0.39, 0.29) is 5.91 Å². The molecule has 1 heterocycles. The summed E-state index contributed by atoms with van der Waals surface area (Å²) in [6.07, 6.45) is 1.58. The number of aromatic nitrogens is 3. The third-order valence-corrected chi connectivity index (χ3v) is 8.03. The van der Waals surface area contributed by atoms with Gasteiger partial charge in [0.1, 0.15) is 12.4 Å². The average Bonchev–Trinajstić information content (AvgIpc) is 3.42. The van der Waals surface area contributed by atoms with E-state index in [0.717, 1.165) is 27.0 Å². The van der Waals surface area contributed by atoms with Gasteiger partial charge in [0.2, 0.25) is 0 Å². The molecule has 0 saturated heterocycles. The maximum atomic E-state index is 13.0. The van der Waals surface area contributed by atoms with E-state index < -0.39 is 5.25 Å². The Morgan fingerprint density at radius 1 is 1.02 bits per heavy atom. The molecule has 4 aromatic carbocycles. The second-order valence-electron chi connectivity index (χ2n) is 9.38. The van der Waals surface area contributed by atoms with Gasteiger partial charge in [-0.25, -0.2) is 5.43 Å². The number of para-hydroxylation sites is 2. The van der Waals surface area contributed by atoms with E-state index in [4.69, 9.17) is 16.3 Å². The minimum Gasteiger partial charge on any atom is -0.488 e. The number of nitrogens with zero attached hydrogens (tertiary/aromatic N) is 4. The van der Waals surface area contributed by atoms with Gasteiger partial charge in [-0.1, -0.05) is 81.8 Å². The molecule has 0 fully saturated rings. The molecule has 0 radical (unpaired) electrons. The predicted octanol–water partition coefficient (Wildman–Crippen LogP) is 7.51. The lowest BCUT2D eigenvalue weighted by Gasteiger charge is -2.13. The summed E-state index contributed by atoms with van der Waals surface area (Å²) in [5, 5.41) is 17.2. The van der Waals surface area contributed by atoms with Crippen molar-refractivity contribution in [1.82, 2.24) is 20.2 Å². The highest BCUT2D eigenvalue weighted by Gasteiger charge is 2.21. The highest BCUT2D eigenvalue weighted by molar-refractivity contribution is 9.10. The molecular formula is C32H28BrClN6O2S. The number of carbonyl (C=O) groups excluding carboxylic acids is 1. The first-order chi connectivity index (χ1) is 21.0. The molecule has 8 nitrogen and oxygen atoms in total. The number of halogens is 2. The summed E-state index contributed by atoms with van der Waals surface area (Å²) in [5.41, 5.74) is 6.23. The molecule has 5 aromatic rings. The second kappa shape index (κ2) is 14.9. The van der Waals surface area contributed by atoms with E-state index in [1.54, 1.807) is 13.1 Å². The topological polar surface area (TPSA) is 93.4 Å². The van der Waals surface area contributed by atoms with Crippen molar-refractivity contribution >= 4 is 57.1 Å². The summed E-state index contributed by atoms with van der Waals surface area (Å²) in [6, 6.07) is 32.7. The number of amides is 1. The molecule has 218 valence electrons. The Hall–Kier alpha value is -4.12. The van der Waals surface area contributed by atoms with Crippen molar-refractivity contribution in [3.63, 3.8) is 0 Å². The lowest BCUT2D eigenvalue weighted by Crippen LogP contribution is -2.27. The van der Waals surface area contributed by atoms with Gasteiger partial charge >= 0.3 is 0 Å². The Morgan fingerprint density at radius 2 is 1.79 bits per heavy atom. The summed E-state index contributed by atoms with van der Waals surface area (Å²) in [5.74, 6) is 1.10. The molecule has 43 heavy (non-hydrogen) atoms. The SMILES string of the molecule is C[C@@H](Sc1nnc(CNc2ccc(Cl)cc2)n1-c1ccccc1)C(=O)N/N=C/c1ccccc1OCc1cccc(Br)c1. The van der Waals surface area contributed by atoms with Crippen LogP contribution in [0.1, 0.15) is 23.9 Å². The van der Waals surface area contributed by atoms with Gasteiger partial charge in [0, 0.05) is 26.4 Å². The smallest absolute Gasteiger partial charge is 0.253 e. The Morgan fingerprint density at radius 3 is 2.58 bits per heavy atom. The average molecular weight is 676 g/mol. The van der Waals surface area contributed by atoms with Crippen LogP contribution in [0.3, 0.4) is 0 Å². The molecule has 0 saturated carbocycles. The number of hydrogen-bond donors (Lipinski definition) is 2. The minimum absolute atomic E-state index is 0.266. The Bertz CT molecular complexity index is 1700. The number of rotatable bonds is 12.